The van der Waals surface area contributed by atoms with E-state index in [0.29, 0.717) is 5.69 Å². The molecule has 1 fully saturated rings. The maximum absolute atomic E-state index is 5.86. The van der Waals surface area contributed by atoms with E-state index in [1.807, 2.05) is 25.1 Å². The van der Waals surface area contributed by atoms with E-state index < -0.39 is 0 Å². The lowest BCUT2D eigenvalue weighted by molar-refractivity contribution is 0.0394. The Hall–Kier alpha value is -1.79. The Morgan fingerprint density at radius 3 is 3.00 bits per heavy atom. The van der Waals surface area contributed by atoms with Crippen molar-refractivity contribution < 1.29 is 9.47 Å². The van der Waals surface area contributed by atoms with Gasteiger partial charge in [0.25, 0.3) is 0 Å². The number of nitrogen functional groups attached to an aromatic ring is 1. The average Bonchev–Trinajstić information content (AvgIpc) is 2.49. The lowest BCUT2D eigenvalue weighted by Crippen LogP contribution is -2.39. The fourth-order valence-electron chi connectivity index (χ4n) is 2.54. The number of rotatable bonds is 3. The minimum absolute atomic E-state index is 0.0641. The smallest absolute Gasteiger partial charge is 0.153 e. The quantitative estimate of drug-likeness (QED) is 0.818. The summed E-state index contributed by atoms with van der Waals surface area (Å²) in [4.78, 5) is 7.01. The summed E-state index contributed by atoms with van der Waals surface area (Å²) in [6.45, 7) is 7.33. The predicted molar refractivity (Wildman–Crippen MR) is 84.1 cm³/mol. The Kier molecular flexibility index (Phi) is 4.26. The van der Waals surface area contributed by atoms with Gasteiger partial charge >= 0.3 is 0 Å². The summed E-state index contributed by atoms with van der Waals surface area (Å²) < 4.78 is 11.2. The zero-order valence-electron chi connectivity index (χ0n) is 12.3. The summed E-state index contributed by atoms with van der Waals surface area (Å²) in [5.41, 5.74) is 7.41. The maximum Gasteiger partial charge on any atom is 0.153 e. The number of anilines is 2. The number of benzene rings is 1. The van der Waals surface area contributed by atoms with Gasteiger partial charge in [0.1, 0.15) is 11.6 Å². The van der Waals surface area contributed by atoms with Crippen LogP contribution in [0.25, 0.3) is 0 Å². The van der Waals surface area contributed by atoms with Crippen LogP contribution in [0.3, 0.4) is 0 Å². The normalized spacial score (nSPS) is 24.2. The van der Waals surface area contributed by atoms with Crippen molar-refractivity contribution in [3.8, 4) is 5.75 Å². The van der Waals surface area contributed by atoms with Gasteiger partial charge in [-0.05, 0) is 25.1 Å². The van der Waals surface area contributed by atoms with Crippen LogP contribution in [-0.2, 0) is 4.74 Å². The van der Waals surface area contributed by atoms with Crippen molar-refractivity contribution in [2.45, 2.75) is 13.0 Å². The minimum atomic E-state index is -0.0641. The van der Waals surface area contributed by atoms with Crippen molar-refractivity contribution in [2.75, 3.05) is 50.4 Å². The first kappa shape index (κ1) is 14.2. The van der Waals surface area contributed by atoms with E-state index in [1.165, 1.54) is 0 Å². The molecule has 114 valence electrons. The third kappa shape index (κ3) is 3.46. The molecule has 21 heavy (non-hydrogen) atoms. The van der Waals surface area contributed by atoms with Crippen LogP contribution in [-0.4, -0.2) is 56.2 Å². The molecule has 0 saturated carbocycles. The molecule has 6 nitrogen and oxygen atoms in total. The van der Waals surface area contributed by atoms with Gasteiger partial charge in [0, 0.05) is 25.3 Å². The van der Waals surface area contributed by atoms with Gasteiger partial charge < -0.3 is 20.5 Å². The SMILES string of the molecule is CC1Oc2ccc(N)cc2NC1=NCCN1CCOCC1. The molecule has 3 rings (SSSR count). The number of ether oxygens (including phenoxy) is 2. The van der Waals surface area contributed by atoms with Gasteiger partial charge in [0.05, 0.1) is 25.4 Å². The Balaban J connectivity index is 1.61. The number of hydrogen-bond acceptors (Lipinski definition) is 5. The minimum Gasteiger partial charge on any atom is -0.481 e. The first-order valence-corrected chi connectivity index (χ1v) is 7.40. The van der Waals surface area contributed by atoms with E-state index in [9.17, 15) is 0 Å². The molecule has 2 heterocycles. The number of hydrogen-bond donors (Lipinski definition) is 2. The number of nitrogens with zero attached hydrogens (tertiary/aromatic N) is 2. The van der Waals surface area contributed by atoms with Crippen molar-refractivity contribution >= 4 is 17.2 Å². The summed E-state index contributed by atoms with van der Waals surface area (Å²) in [6.07, 6.45) is -0.0641. The van der Waals surface area contributed by atoms with Gasteiger partial charge in [0.15, 0.2) is 6.10 Å². The largest absolute Gasteiger partial charge is 0.481 e. The van der Waals surface area contributed by atoms with E-state index >= 15 is 0 Å². The highest BCUT2D eigenvalue weighted by Gasteiger charge is 2.21. The summed E-state index contributed by atoms with van der Waals surface area (Å²) >= 11 is 0. The third-order valence-corrected chi connectivity index (χ3v) is 3.76. The average molecular weight is 290 g/mol. The molecule has 0 radical (unpaired) electrons. The molecule has 1 unspecified atom stereocenters. The highest BCUT2D eigenvalue weighted by molar-refractivity contribution is 6.02. The van der Waals surface area contributed by atoms with Gasteiger partial charge in [-0.25, -0.2) is 0 Å². The monoisotopic (exact) mass is 290 g/mol. The van der Waals surface area contributed by atoms with Crippen molar-refractivity contribution in [1.82, 2.24) is 4.90 Å². The molecule has 1 aromatic rings. The molecule has 0 aliphatic carbocycles. The fraction of sp³-hybridized carbons (Fsp3) is 0.533. The van der Waals surface area contributed by atoms with Crippen LogP contribution < -0.4 is 15.8 Å². The van der Waals surface area contributed by atoms with Crippen LogP contribution in [0, 0.1) is 0 Å². The predicted octanol–water partition coefficient (Wildman–Crippen LogP) is 1.19. The molecule has 1 saturated heterocycles. The Bertz CT molecular complexity index is 526. The lowest BCUT2D eigenvalue weighted by atomic mass is 10.2. The topological polar surface area (TPSA) is 72.1 Å². The molecule has 6 heteroatoms. The van der Waals surface area contributed by atoms with Crippen LogP contribution >= 0.6 is 0 Å². The second-order valence-corrected chi connectivity index (χ2v) is 5.36. The summed E-state index contributed by atoms with van der Waals surface area (Å²) in [7, 11) is 0. The summed E-state index contributed by atoms with van der Waals surface area (Å²) in [5, 5.41) is 3.33. The van der Waals surface area contributed by atoms with Crippen LogP contribution in [0.15, 0.2) is 23.2 Å². The number of aliphatic imine (C=N–C) groups is 1. The first-order chi connectivity index (χ1) is 10.2. The summed E-state index contributed by atoms with van der Waals surface area (Å²) in [6, 6.07) is 5.60. The third-order valence-electron chi connectivity index (χ3n) is 3.76. The number of morpholine rings is 1. The second kappa shape index (κ2) is 6.32. The van der Waals surface area contributed by atoms with Gasteiger partial charge in [-0.3, -0.25) is 9.89 Å². The maximum atomic E-state index is 5.86. The van der Waals surface area contributed by atoms with Crippen LogP contribution in [0.2, 0.25) is 0 Å². The van der Waals surface area contributed by atoms with Gasteiger partial charge in [-0.1, -0.05) is 0 Å². The Morgan fingerprint density at radius 2 is 2.19 bits per heavy atom. The molecular weight excluding hydrogens is 268 g/mol. The molecule has 0 bridgehead atoms. The molecule has 0 spiro atoms. The number of fused-ring (bicyclic) bond motifs is 1. The molecule has 1 aromatic carbocycles. The van der Waals surface area contributed by atoms with Crippen molar-refractivity contribution in [3.63, 3.8) is 0 Å². The second-order valence-electron chi connectivity index (χ2n) is 5.36. The number of nitrogens with one attached hydrogen (secondary N) is 1. The highest BCUT2D eigenvalue weighted by atomic mass is 16.5. The molecule has 3 N–H and O–H groups in total. The molecule has 1 atom stereocenters. The standard InChI is InChI=1S/C15H22N4O2/c1-11-15(17-4-5-19-6-8-20-9-7-19)18-13-10-12(16)2-3-14(13)21-11/h2-3,10-11H,4-9,16H2,1H3,(H,17,18). The van der Waals surface area contributed by atoms with Crippen LogP contribution in [0.5, 0.6) is 5.75 Å². The van der Waals surface area contributed by atoms with Crippen molar-refractivity contribution in [3.05, 3.63) is 18.2 Å². The summed E-state index contributed by atoms with van der Waals surface area (Å²) in [5.74, 6) is 1.69. The van der Waals surface area contributed by atoms with Gasteiger partial charge in [-0.2, -0.15) is 0 Å². The molecule has 2 aliphatic rings. The van der Waals surface area contributed by atoms with E-state index in [2.05, 4.69) is 15.2 Å². The zero-order chi connectivity index (χ0) is 14.7. The van der Waals surface area contributed by atoms with E-state index in [4.69, 9.17) is 15.2 Å². The van der Waals surface area contributed by atoms with Crippen molar-refractivity contribution in [2.24, 2.45) is 4.99 Å². The zero-order valence-corrected chi connectivity index (χ0v) is 12.3. The number of amidine groups is 1. The lowest BCUT2D eigenvalue weighted by Gasteiger charge is -2.28. The first-order valence-electron chi connectivity index (χ1n) is 7.40. The molecule has 0 amide bonds. The number of nitrogens with two attached hydrogens (primary N) is 1. The van der Waals surface area contributed by atoms with Crippen LogP contribution in [0.1, 0.15) is 6.92 Å². The van der Waals surface area contributed by atoms with E-state index in [1.54, 1.807) is 0 Å². The molecule has 0 aromatic heterocycles. The van der Waals surface area contributed by atoms with Crippen molar-refractivity contribution in [1.29, 1.82) is 0 Å². The van der Waals surface area contributed by atoms with E-state index in [0.717, 1.165) is 56.7 Å². The highest BCUT2D eigenvalue weighted by Crippen LogP contribution is 2.31. The fourth-order valence-corrected chi connectivity index (χ4v) is 2.54. The Labute approximate surface area is 124 Å². The molecule has 2 aliphatic heterocycles. The van der Waals surface area contributed by atoms with E-state index in [-0.39, 0.29) is 6.10 Å². The Morgan fingerprint density at radius 1 is 1.38 bits per heavy atom. The molecular formula is C15H22N4O2. The van der Waals surface area contributed by atoms with Crippen LogP contribution in [0.4, 0.5) is 11.4 Å². The van der Waals surface area contributed by atoms with Gasteiger partial charge in [0.2, 0.25) is 0 Å². The van der Waals surface area contributed by atoms with Gasteiger partial charge in [-0.15, -0.1) is 0 Å².